The van der Waals surface area contributed by atoms with Crippen LogP contribution in [0.4, 0.5) is 5.69 Å². The van der Waals surface area contributed by atoms with Crippen molar-refractivity contribution in [2.45, 2.75) is 20.3 Å². The molecule has 5 heteroatoms. The highest BCUT2D eigenvalue weighted by Gasteiger charge is 2.16. The number of hydrogen-bond donors (Lipinski definition) is 0. The van der Waals surface area contributed by atoms with Crippen LogP contribution >= 0.6 is 0 Å². The van der Waals surface area contributed by atoms with Crippen LogP contribution in [0, 0.1) is 17.0 Å². The summed E-state index contributed by atoms with van der Waals surface area (Å²) in [7, 11) is 0. The molecule has 5 nitrogen and oxygen atoms in total. The quantitative estimate of drug-likeness (QED) is 0.539. The van der Waals surface area contributed by atoms with Crippen LogP contribution in [0.5, 0.6) is 0 Å². The molecule has 0 aliphatic rings. The maximum Gasteiger partial charge on any atom is 0.291 e. The molecule has 1 heterocycles. The molecule has 0 unspecified atom stereocenters. The van der Waals surface area contributed by atoms with E-state index in [-0.39, 0.29) is 23.6 Å². The molecule has 0 amide bonds. The van der Waals surface area contributed by atoms with Crippen molar-refractivity contribution in [2.75, 3.05) is 0 Å². The van der Waals surface area contributed by atoms with Gasteiger partial charge in [0, 0.05) is 11.8 Å². The van der Waals surface area contributed by atoms with Crippen LogP contribution < -0.4 is 0 Å². The Morgan fingerprint density at radius 1 is 1.57 bits per heavy atom. The summed E-state index contributed by atoms with van der Waals surface area (Å²) >= 11 is 0. The van der Waals surface area contributed by atoms with Gasteiger partial charge in [-0.15, -0.1) is 0 Å². The fourth-order valence-corrected chi connectivity index (χ4v) is 1.14. The van der Waals surface area contributed by atoms with Crippen molar-refractivity contribution < 1.29 is 9.72 Å². The molecule has 0 aromatic carbocycles. The topological polar surface area (TPSA) is 73.1 Å². The highest BCUT2D eigenvalue weighted by molar-refractivity contribution is 5.78. The predicted molar refractivity (Wildman–Crippen MR) is 50.0 cm³/mol. The van der Waals surface area contributed by atoms with E-state index in [4.69, 9.17) is 0 Å². The Bertz CT molecular complexity index is 388. The number of hydrogen-bond acceptors (Lipinski definition) is 4. The number of pyridine rings is 1. The fourth-order valence-electron chi connectivity index (χ4n) is 1.14. The first kappa shape index (κ1) is 10.3. The summed E-state index contributed by atoms with van der Waals surface area (Å²) < 4.78 is 0. The van der Waals surface area contributed by atoms with Crippen molar-refractivity contribution in [1.82, 2.24) is 4.98 Å². The van der Waals surface area contributed by atoms with E-state index in [9.17, 15) is 14.9 Å². The Morgan fingerprint density at radius 3 is 2.71 bits per heavy atom. The van der Waals surface area contributed by atoms with Crippen molar-refractivity contribution in [1.29, 1.82) is 0 Å². The summed E-state index contributed by atoms with van der Waals surface area (Å²) in [6, 6.07) is 2.93. The van der Waals surface area contributed by atoms with E-state index in [0.717, 1.165) is 0 Å². The van der Waals surface area contributed by atoms with Crippen molar-refractivity contribution in [3.63, 3.8) is 0 Å². The lowest BCUT2D eigenvalue weighted by atomic mass is 10.2. The summed E-state index contributed by atoms with van der Waals surface area (Å²) in [6.45, 7) is 3.11. The normalized spacial score (nSPS) is 9.86. The van der Waals surface area contributed by atoms with Crippen LogP contribution in [0.25, 0.3) is 0 Å². The van der Waals surface area contributed by atoms with Gasteiger partial charge in [-0.25, -0.2) is 0 Å². The van der Waals surface area contributed by atoms with Crippen LogP contribution in [0.3, 0.4) is 0 Å². The second-order valence-corrected chi connectivity index (χ2v) is 3.05. The number of carbonyl (C=O) groups is 1. The fraction of sp³-hybridized carbons (Fsp3) is 0.333. The monoisotopic (exact) mass is 194 g/mol. The van der Waals surface area contributed by atoms with E-state index in [1.54, 1.807) is 13.0 Å². The van der Waals surface area contributed by atoms with Gasteiger partial charge in [0.1, 0.15) is 11.5 Å². The number of aryl methyl sites for hydroxylation is 1. The summed E-state index contributed by atoms with van der Waals surface area (Å²) in [6.07, 6.45) is 0.0119. The van der Waals surface area contributed by atoms with E-state index in [2.05, 4.69) is 4.98 Å². The van der Waals surface area contributed by atoms with Gasteiger partial charge < -0.3 is 0 Å². The number of aromatic nitrogens is 1. The molecule has 0 aliphatic carbocycles. The molecular formula is C9H10N2O3. The molecule has 0 radical (unpaired) electrons. The number of Topliss-reactive ketones (excluding diaryl/α,β-unsaturated/α-hetero) is 1. The molecule has 0 saturated heterocycles. The Morgan fingerprint density at radius 2 is 2.21 bits per heavy atom. The van der Waals surface area contributed by atoms with Crippen LogP contribution in [0.1, 0.15) is 18.3 Å². The highest BCUT2D eigenvalue weighted by Crippen LogP contribution is 2.17. The number of nitro groups is 1. The number of ketones is 1. The largest absolute Gasteiger partial charge is 0.300 e. The van der Waals surface area contributed by atoms with Gasteiger partial charge in [0.25, 0.3) is 5.69 Å². The lowest BCUT2D eigenvalue weighted by molar-refractivity contribution is -0.385. The lowest BCUT2D eigenvalue weighted by Crippen LogP contribution is -2.04. The van der Waals surface area contributed by atoms with E-state index in [1.165, 1.54) is 13.0 Å². The second kappa shape index (κ2) is 3.95. The Balaban J connectivity index is 3.15. The zero-order chi connectivity index (χ0) is 10.7. The van der Waals surface area contributed by atoms with Crippen LogP contribution in [-0.4, -0.2) is 15.7 Å². The third-order valence-corrected chi connectivity index (χ3v) is 1.70. The molecule has 0 aliphatic heterocycles. The first-order chi connectivity index (χ1) is 6.50. The predicted octanol–water partition coefficient (Wildman–Crippen LogP) is 1.43. The number of nitrogens with zero attached hydrogens (tertiary/aromatic N) is 2. The van der Waals surface area contributed by atoms with Gasteiger partial charge in [-0.3, -0.25) is 19.9 Å². The van der Waals surface area contributed by atoms with Gasteiger partial charge >= 0.3 is 0 Å². The third kappa shape index (κ3) is 2.35. The van der Waals surface area contributed by atoms with Crippen molar-refractivity contribution >= 4 is 11.5 Å². The van der Waals surface area contributed by atoms with Crippen LogP contribution in [-0.2, 0) is 11.2 Å². The van der Waals surface area contributed by atoms with Gasteiger partial charge in [-0.1, -0.05) is 0 Å². The van der Waals surface area contributed by atoms with Gasteiger partial charge in [0.05, 0.1) is 11.3 Å². The molecule has 0 fully saturated rings. The molecule has 14 heavy (non-hydrogen) atoms. The van der Waals surface area contributed by atoms with Gasteiger partial charge in [-0.05, 0) is 19.9 Å². The molecule has 74 valence electrons. The SMILES string of the molecule is CC(=O)Cc1nc(C)ccc1[N+](=O)[O-]. The second-order valence-electron chi connectivity index (χ2n) is 3.05. The Labute approximate surface area is 80.9 Å². The van der Waals surface area contributed by atoms with Crippen LogP contribution in [0.2, 0.25) is 0 Å². The molecular weight excluding hydrogens is 184 g/mol. The summed E-state index contributed by atoms with van der Waals surface area (Å²) in [5.41, 5.74) is 0.820. The minimum Gasteiger partial charge on any atom is -0.300 e. The Hall–Kier alpha value is -1.78. The van der Waals surface area contributed by atoms with Crippen LogP contribution in [0.15, 0.2) is 12.1 Å². The van der Waals surface area contributed by atoms with Crippen molar-refractivity contribution in [3.05, 3.63) is 33.6 Å². The number of rotatable bonds is 3. The van der Waals surface area contributed by atoms with E-state index < -0.39 is 4.92 Å². The molecule has 1 aromatic rings. The third-order valence-electron chi connectivity index (χ3n) is 1.70. The van der Waals surface area contributed by atoms with E-state index in [1.807, 2.05) is 0 Å². The summed E-state index contributed by atoms with van der Waals surface area (Å²) in [4.78, 5) is 24.9. The minimum atomic E-state index is -0.523. The minimum absolute atomic E-state index is 0.0119. The molecule has 1 aromatic heterocycles. The van der Waals surface area contributed by atoms with E-state index >= 15 is 0 Å². The average molecular weight is 194 g/mol. The summed E-state index contributed by atoms with van der Waals surface area (Å²) in [5.74, 6) is -0.133. The average Bonchev–Trinajstić information content (AvgIpc) is 2.01. The van der Waals surface area contributed by atoms with Gasteiger partial charge in [0.2, 0.25) is 0 Å². The lowest BCUT2D eigenvalue weighted by Gasteiger charge is -2.00. The molecule has 0 atom stereocenters. The maximum absolute atomic E-state index is 10.8. The van der Waals surface area contributed by atoms with Crippen molar-refractivity contribution in [3.8, 4) is 0 Å². The first-order valence-electron chi connectivity index (χ1n) is 4.11. The zero-order valence-electron chi connectivity index (χ0n) is 7.98. The maximum atomic E-state index is 10.8. The molecule has 1 rings (SSSR count). The Kier molecular flexibility index (Phi) is 2.91. The number of carbonyl (C=O) groups excluding carboxylic acids is 1. The smallest absolute Gasteiger partial charge is 0.291 e. The summed E-state index contributed by atoms with van der Waals surface area (Å²) in [5, 5.41) is 10.6. The molecule has 0 bridgehead atoms. The van der Waals surface area contributed by atoms with Gasteiger partial charge in [-0.2, -0.15) is 0 Å². The first-order valence-corrected chi connectivity index (χ1v) is 4.11. The molecule has 0 spiro atoms. The zero-order valence-corrected chi connectivity index (χ0v) is 7.98. The van der Waals surface area contributed by atoms with E-state index in [0.29, 0.717) is 5.69 Å². The molecule has 0 saturated carbocycles. The highest BCUT2D eigenvalue weighted by atomic mass is 16.6. The molecule has 0 N–H and O–H groups in total. The van der Waals surface area contributed by atoms with Crippen molar-refractivity contribution in [2.24, 2.45) is 0 Å². The van der Waals surface area contributed by atoms with Gasteiger partial charge in [0.15, 0.2) is 0 Å². The standard InChI is InChI=1S/C9H10N2O3/c1-6-3-4-9(11(13)14)8(10-6)5-7(2)12/h3-4H,5H2,1-2H3.